The molecule has 0 bridgehead atoms. The number of hydrogen-bond acceptors (Lipinski definition) is 5. The number of nitrogens with one attached hydrogen (secondary N) is 2. The molecule has 1 aliphatic rings. The third-order valence-electron chi connectivity index (χ3n) is 7.04. The lowest BCUT2D eigenvalue weighted by atomic mass is 9.99. The predicted octanol–water partition coefficient (Wildman–Crippen LogP) is 4.35. The predicted molar refractivity (Wildman–Crippen MR) is 147 cm³/mol. The summed E-state index contributed by atoms with van der Waals surface area (Å²) >= 11 is 0. The lowest BCUT2D eigenvalue weighted by Crippen LogP contribution is -2.46. The molecule has 2 heterocycles. The number of piperazine rings is 1. The second kappa shape index (κ2) is 10.9. The van der Waals surface area contributed by atoms with Crippen LogP contribution in [0.3, 0.4) is 0 Å². The summed E-state index contributed by atoms with van der Waals surface area (Å²) in [6, 6.07) is 25.4. The zero-order valence-electron chi connectivity index (χ0n) is 21.2. The number of carbonyl (C=O) groups is 1. The average Bonchev–Trinajstić information content (AvgIpc) is 2.93. The van der Waals surface area contributed by atoms with Gasteiger partial charge in [-0.1, -0.05) is 54.6 Å². The van der Waals surface area contributed by atoms with Gasteiger partial charge in [0.1, 0.15) is 11.3 Å². The van der Waals surface area contributed by atoms with Crippen molar-refractivity contribution in [1.29, 1.82) is 0 Å². The standard InChI is InChI=1S/C30H32N4O3/c1-21(24-11-7-9-22-8-3-4-10-25(22)24)31-29(35)26-15-14-23(32-30(26)36)20-33-16-18-34(19-17-33)27-12-5-6-13-28(27)37-2/h3-15,21H,16-20H2,1-2H3,(H,31,35)(H,32,36). The van der Waals surface area contributed by atoms with Gasteiger partial charge in [0.2, 0.25) is 0 Å². The molecule has 1 amide bonds. The number of fused-ring (bicyclic) bond motifs is 1. The fourth-order valence-corrected chi connectivity index (χ4v) is 5.04. The third-order valence-corrected chi connectivity index (χ3v) is 7.04. The quantitative estimate of drug-likeness (QED) is 0.398. The molecule has 1 aromatic heterocycles. The Balaban J connectivity index is 1.21. The Bertz CT molecular complexity index is 1450. The van der Waals surface area contributed by atoms with Crippen LogP contribution in [0, 0.1) is 0 Å². The highest BCUT2D eigenvalue weighted by Gasteiger charge is 2.21. The lowest BCUT2D eigenvalue weighted by molar-refractivity contribution is 0.0938. The van der Waals surface area contributed by atoms with E-state index >= 15 is 0 Å². The number of anilines is 1. The molecule has 1 fully saturated rings. The Kier molecular flexibility index (Phi) is 7.23. The third kappa shape index (κ3) is 5.37. The monoisotopic (exact) mass is 496 g/mol. The summed E-state index contributed by atoms with van der Waals surface area (Å²) in [7, 11) is 1.69. The van der Waals surface area contributed by atoms with Crippen LogP contribution in [-0.4, -0.2) is 49.1 Å². The normalized spacial score (nSPS) is 14.9. The minimum atomic E-state index is -0.376. The number of amides is 1. The topological polar surface area (TPSA) is 77.7 Å². The van der Waals surface area contributed by atoms with Crippen molar-refractivity contribution in [2.75, 3.05) is 38.2 Å². The van der Waals surface area contributed by atoms with Crippen molar-refractivity contribution in [2.24, 2.45) is 0 Å². The average molecular weight is 497 g/mol. The number of ether oxygens (including phenoxy) is 1. The number of H-pyrrole nitrogens is 1. The molecular formula is C30H32N4O3. The molecule has 1 aliphatic heterocycles. The Labute approximate surface area is 216 Å². The summed E-state index contributed by atoms with van der Waals surface area (Å²) < 4.78 is 5.50. The summed E-state index contributed by atoms with van der Waals surface area (Å²) in [5.74, 6) is 0.502. The number of rotatable bonds is 7. The van der Waals surface area contributed by atoms with E-state index in [1.807, 2.05) is 61.5 Å². The van der Waals surface area contributed by atoms with E-state index in [0.717, 1.165) is 59.6 Å². The number of nitrogens with zero attached hydrogens (tertiary/aromatic N) is 2. The number of carbonyl (C=O) groups excluding carboxylic acids is 1. The highest BCUT2D eigenvalue weighted by atomic mass is 16.5. The summed E-state index contributed by atoms with van der Waals surface area (Å²) in [5, 5.41) is 5.20. The number of aromatic nitrogens is 1. The molecule has 37 heavy (non-hydrogen) atoms. The lowest BCUT2D eigenvalue weighted by Gasteiger charge is -2.36. The van der Waals surface area contributed by atoms with Gasteiger partial charge in [0.05, 0.1) is 18.8 Å². The van der Waals surface area contributed by atoms with Crippen molar-refractivity contribution in [3.05, 3.63) is 106 Å². The van der Waals surface area contributed by atoms with Crippen LogP contribution in [0.1, 0.15) is 34.6 Å². The Hall–Kier alpha value is -4.10. The molecule has 7 heteroatoms. The minimum absolute atomic E-state index is 0.122. The molecule has 0 spiro atoms. The van der Waals surface area contributed by atoms with Crippen molar-refractivity contribution in [3.63, 3.8) is 0 Å². The fraction of sp³-hybridized carbons (Fsp3) is 0.267. The number of aromatic amines is 1. The van der Waals surface area contributed by atoms with Crippen molar-refractivity contribution in [3.8, 4) is 5.75 Å². The summed E-state index contributed by atoms with van der Waals surface area (Å²) in [4.78, 5) is 33.3. The van der Waals surface area contributed by atoms with Gasteiger partial charge in [-0.05, 0) is 47.5 Å². The number of benzene rings is 3. The van der Waals surface area contributed by atoms with Gasteiger partial charge in [0.25, 0.3) is 11.5 Å². The summed E-state index contributed by atoms with van der Waals surface area (Å²) in [6.45, 7) is 6.04. The Morgan fingerprint density at radius 2 is 1.68 bits per heavy atom. The first-order valence-electron chi connectivity index (χ1n) is 12.6. The Morgan fingerprint density at radius 3 is 2.46 bits per heavy atom. The molecule has 1 saturated heterocycles. The first-order valence-corrected chi connectivity index (χ1v) is 12.6. The van der Waals surface area contributed by atoms with E-state index in [9.17, 15) is 9.59 Å². The fourth-order valence-electron chi connectivity index (χ4n) is 5.04. The molecule has 4 aromatic rings. The van der Waals surface area contributed by atoms with Crippen LogP contribution in [0.25, 0.3) is 10.8 Å². The van der Waals surface area contributed by atoms with Crippen molar-refractivity contribution < 1.29 is 9.53 Å². The summed E-state index contributed by atoms with van der Waals surface area (Å²) in [6.07, 6.45) is 0. The molecule has 5 rings (SSSR count). The molecule has 0 saturated carbocycles. The van der Waals surface area contributed by atoms with Crippen LogP contribution in [0.15, 0.2) is 83.7 Å². The van der Waals surface area contributed by atoms with E-state index in [1.54, 1.807) is 13.2 Å². The van der Waals surface area contributed by atoms with E-state index in [0.29, 0.717) is 6.54 Å². The zero-order chi connectivity index (χ0) is 25.8. The van der Waals surface area contributed by atoms with Gasteiger partial charge in [-0.3, -0.25) is 14.5 Å². The van der Waals surface area contributed by atoms with E-state index < -0.39 is 0 Å². The maximum absolute atomic E-state index is 13.0. The maximum Gasteiger partial charge on any atom is 0.261 e. The molecule has 0 aliphatic carbocycles. The summed E-state index contributed by atoms with van der Waals surface area (Å²) in [5.41, 5.74) is 2.68. The molecule has 1 atom stereocenters. The Morgan fingerprint density at radius 1 is 0.946 bits per heavy atom. The van der Waals surface area contributed by atoms with Crippen molar-refractivity contribution >= 4 is 22.4 Å². The van der Waals surface area contributed by atoms with Gasteiger partial charge in [0.15, 0.2) is 0 Å². The molecule has 7 nitrogen and oxygen atoms in total. The largest absolute Gasteiger partial charge is 0.495 e. The van der Waals surface area contributed by atoms with Gasteiger partial charge >= 0.3 is 0 Å². The molecule has 2 N–H and O–H groups in total. The van der Waals surface area contributed by atoms with E-state index in [4.69, 9.17) is 4.74 Å². The first kappa shape index (κ1) is 24.6. The van der Waals surface area contributed by atoms with Gasteiger partial charge < -0.3 is 19.9 Å². The highest BCUT2D eigenvalue weighted by Crippen LogP contribution is 2.28. The molecule has 0 radical (unpaired) electrons. The van der Waals surface area contributed by atoms with Gasteiger partial charge in [-0.25, -0.2) is 0 Å². The zero-order valence-corrected chi connectivity index (χ0v) is 21.2. The smallest absolute Gasteiger partial charge is 0.261 e. The van der Waals surface area contributed by atoms with Crippen LogP contribution in [0.5, 0.6) is 5.75 Å². The van der Waals surface area contributed by atoms with Crippen LogP contribution >= 0.6 is 0 Å². The van der Waals surface area contributed by atoms with Crippen molar-refractivity contribution in [2.45, 2.75) is 19.5 Å². The molecule has 3 aromatic carbocycles. The highest BCUT2D eigenvalue weighted by molar-refractivity contribution is 5.94. The van der Waals surface area contributed by atoms with Crippen molar-refractivity contribution in [1.82, 2.24) is 15.2 Å². The van der Waals surface area contributed by atoms with E-state index in [2.05, 4.69) is 38.3 Å². The number of methoxy groups -OCH3 is 1. The van der Waals surface area contributed by atoms with Crippen LogP contribution < -0.4 is 20.5 Å². The minimum Gasteiger partial charge on any atom is -0.495 e. The first-order chi connectivity index (χ1) is 18.0. The van der Waals surface area contributed by atoms with Crippen LogP contribution in [-0.2, 0) is 6.54 Å². The molecule has 1 unspecified atom stereocenters. The molecule has 190 valence electrons. The van der Waals surface area contributed by atoms with Crippen LogP contribution in [0.2, 0.25) is 0 Å². The number of para-hydroxylation sites is 2. The molecular weight excluding hydrogens is 464 g/mol. The van der Waals surface area contributed by atoms with Gasteiger partial charge in [0, 0.05) is 38.4 Å². The second-order valence-corrected chi connectivity index (χ2v) is 9.42. The van der Waals surface area contributed by atoms with Gasteiger partial charge in [-0.15, -0.1) is 0 Å². The maximum atomic E-state index is 13.0. The van der Waals surface area contributed by atoms with Crippen LogP contribution in [0.4, 0.5) is 5.69 Å². The second-order valence-electron chi connectivity index (χ2n) is 9.42. The number of pyridine rings is 1. The SMILES string of the molecule is COc1ccccc1N1CCN(Cc2ccc(C(=O)NC(C)c3cccc4ccccc34)c(=O)[nH]2)CC1. The van der Waals surface area contributed by atoms with E-state index in [1.165, 1.54) is 0 Å². The number of hydrogen-bond donors (Lipinski definition) is 2. The van der Waals surface area contributed by atoms with Gasteiger partial charge in [-0.2, -0.15) is 0 Å². The van der Waals surface area contributed by atoms with E-state index in [-0.39, 0.29) is 23.1 Å².